The van der Waals surface area contributed by atoms with E-state index in [0.29, 0.717) is 22.6 Å². The van der Waals surface area contributed by atoms with E-state index in [-0.39, 0.29) is 49.0 Å². The van der Waals surface area contributed by atoms with Crippen molar-refractivity contribution < 1.29 is 23.5 Å². The third-order valence-electron chi connectivity index (χ3n) is 4.33. The van der Waals surface area contributed by atoms with Crippen LogP contribution in [0.5, 0.6) is 5.75 Å². The Balaban J connectivity index is 1.66. The summed E-state index contributed by atoms with van der Waals surface area (Å²) in [5.74, 6) is -0.182. The molecule has 28 heavy (non-hydrogen) atoms. The highest BCUT2D eigenvalue weighted by molar-refractivity contribution is 7.17. The van der Waals surface area contributed by atoms with Gasteiger partial charge in [-0.2, -0.15) is 0 Å². The second-order valence-electron chi connectivity index (χ2n) is 6.64. The van der Waals surface area contributed by atoms with Gasteiger partial charge in [0.05, 0.1) is 11.4 Å². The van der Waals surface area contributed by atoms with Gasteiger partial charge >= 0.3 is 0 Å². The number of thiophene rings is 1. The van der Waals surface area contributed by atoms with Crippen LogP contribution in [0.2, 0.25) is 0 Å². The van der Waals surface area contributed by atoms with Crippen molar-refractivity contribution in [3.63, 3.8) is 0 Å². The van der Waals surface area contributed by atoms with Gasteiger partial charge in [-0.1, -0.05) is 0 Å². The zero-order valence-corrected chi connectivity index (χ0v) is 16.5. The van der Waals surface area contributed by atoms with Crippen molar-refractivity contribution in [2.75, 3.05) is 13.1 Å². The van der Waals surface area contributed by atoms with E-state index in [0.717, 1.165) is 10.4 Å². The fourth-order valence-corrected chi connectivity index (χ4v) is 3.95. The molecule has 1 aromatic heterocycles. The molecule has 0 saturated carbocycles. The molecule has 0 radical (unpaired) electrons. The fourth-order valence-electron chi connectivity index (χ4n) is 3.03. The van der Waals surface area contributed by atoms with Crippen molar-refractivity contribution in [2.24, 2.45) is 0 Å². The summed E-state index contributed by atoms with van der Waals surface area (Å²) in [5.41, 5.74) is 1.36. The van der Waals surface area contributed by atoms with E-state index in [1.807, 2.05) is 0 Å². The van der Waals surface area contributed by atoms with E-state index in [2.05, 4.69) is 10.6 Å². The molecule has 8 heteroatoms. The van der Waals surface area contributed by atoms with Gasteiger partial charge in [0, 0.05) is 42.3 Å². The Kier molecular flexibility index (Phi) is 6.08. The SMILES string of the molecule is CC(=O)NCCC(=O)NCC1Cc2cc(F)cc(-c3ccc(C(C)=O)s3)c2O1. The van der Waals surface area contributed by atoms with Gasteiger partial charge in [0.25, 0.3) is 0 Å². The Morgan fingerprint density at radius 3 is 2.68 bits per heavy atom. The maximum Gasteiger partial charge on any atom is 0.221 e. The van der Waals surface area contributed by atoms with Gasteiger partial charge in [0.1, 0.15) is 17.7 Å². The minimum Gasteiger partial charge on any atom is -0.487 e. The van der Waals surface area contributed by atoms with Gasteiger partial charge in [0.15, 0.2) is 5.78 Å². The summed E-state index contributed by atoms with van der Waals surface area (Å²) in [6.45, 7) is 3.45. The van der Waals surface area contributed by atoms with Crippen molar-refractivity contribution >= 4 is 28.9 Å². The number of carbonyl (C=O) groups excluding carboxylic acids is 3. The summed E-state index contributed by atoms with van der Waals surface area (Å²) in [6, 6.07) is 6.36. The predicted molar refractivity (Wildman–Crippen MR) is 104 cm³/mol. The Morgan fingerprint density at radius 2 is 2.00 bits per heavy atom. The van der Waals surface area contributed by atoms with Gasteiger partial charge in [-0.25, -0.2) is 4.39 Å². The fraction of sp³-hybridized carbons (Fsp3) is 0.350. The van der Waals surface area contributed by atoms with Crippen LogP contribution >= 0.6 is 11.3 Å². The van der Waals surface area contributed by atoms with Crippen molar-refractivity contribution in [3.05, 3.63) is 40.5 Å². The van der Waals surface area contributed by atoms with E-state index in [4.69, 9.17) is 4.74 Å². The van der Waals surface area contributed by atoms with Crippen LogP contribution in [0.1, 0.15) is 35.5 Å². The maximum atomic E-state index is 14.1. The molecule has 2 N–H and O–H groups in total. The van der Waals surface area contributed by atoms with Crippen LogP contribution in [0.4, 0.5) is 4.39 Å². The predicted octanol–water partition coefficient (Wildman–Crippen LogP) is 2.70. The number of nitrogens with one attached hydrogen (secondary N) is 2. The summed E-state index contributed by atoms with van der Waals surface area (Å²) in [7, 11) is 0. The van der Waals surface area contributed by atoms with Gasteiger partial charge < -0.3 is 15.4 Å². The molecule has 0 spiro atoms. The van der Waals surface area contributed by atoms with E-state index in [1.165, 1.54) is 37.3 Å². The molecule has 1 unspecified atom stereocenters. The molecule has 1 atom stereocenters. The van der Waals surface area contributed by atoms with Crippen LogP contribution in [0.3, 0.4) is 0 Å². The van der Waals surface area contributed by atoms with Crippen LogP contribution in [-0.2, 0) is 16.0 Å². The van der Waals surface area contributed by atoms with Crippen molar-refractivity contribution in [2.45, 2.75) is 32.8 Å². The Hall–Kier alpha value is -2.74. The zero-order valence-electron chi connectivity index (χ0n) is 15.6. The number of hydrogen-bond donors (Lipinski definition) is 2. The molecule has 0 saturated heterocycles. The lowest BCUT2D eigenvalue weighted by molar-refractivity contribution is -0.121. The number of fused-ring (bicyclic) bond motifs is 1. The van der Waals surface area contributed by atoms with Crippen LogP contribution in [0.25, 0.3) is 10.4 Å². The monoisotopic (exact) mass is 404 g/mol. The lowest BCUT2D eigenvalue weighted by Gasteiger charge is -2.13. The zero-order chi connectivity index (χ0) is 20.3. The normalized spacial score (nSPS) is 14.9. The minimum atomic E-state index is -0.366. The molecule has 1 aliphatic rings. The molecule has 0 bridgehead atoms. The number of Topliss-reactive ketones (excluding diaryl/α,β-unsaturated/α-hetero) is 1. The van der Waals surface area contributed by atoms with Crippen LogP contribution in [0, 0.1) is 5.82 Å². The van der Waals surface area contributed by atoms with Gasteiger partial charge in [0.2, 0.25) is 11.8 Å². The van der Waals surface area contributed by atoms with E-state index >= 15 is 0 Å². The van der Waals surface area contributed by atoms with Gasteiger partial charge in [-0.05, 0) is 31.2 Å². The maximum absolute atomic E-state index is 14.1. The highest BCUT2D eigenvalue weighted by Crippen LogP contribution is 2.42. The number of amides is 2. The number of rotatable bonds is 7. The molecule has 2 amide bonds. The largest absolute Gasteiger partial charge is 0.487 e. The molecule has 2 heterocycles. The summed E-state index contributed by atoms with van der Waals surface area (Å²) >= 11 is 1.30. The Morgan fingerprint density at radius 1 is 1.21 bits per heavy atom. The van der Waals surface area contributed by atoms with E-state index in [9.17, 15) is 18.8 Å². The topological polar surface area (TPSA) is 84.5 Å². The van der Waals surface area contributed by atoms with Crippen LogP contribution in [-0.4, -0.2) is 36.8 Å². The highest BCUT2D eigenvalue weighted by Gasteiger charge is 2.28. The Labute approximate surface area is 166 Å². The number of benzene rings is 1. The highest BCUT2D eigenvalue weighted by atomic mass is 32.1. The van der Waals surface area contributed by atoms with Gasteiger partial charge in [-0.3, -0.25) is 14.4 Å². The quantitative estimate of drug-likeness (QED) is 0.695. The summed E-state index contributed by atoms with van der Waals surface area (Å²) in [5, 5.41) is 5.34. The molecule has 1 aliphatic heterocycles. The van der Waals surface area contributed by atoms with Gasteiger partial charge in [-0.15, -0.1) is 11.3 Å². The molecule has 0 aliphatic carbocycles. The number of hydrogen-bond acceptors (Lipinski definition) is 5. The molecular weight excluding hydrogens is 383 g/mol. The third kappa shape index (κ3) is 4.75. The average molecular weight is 404 g/mol. The third-order valence-corrected chi connectivity index (χ3v) is 5.55. The number of halogens is 1. The summed E-state index contributed by atoms with van der Waals surface area (Å²) < 4.78 is 20.1. The van der Waals surface area contributed by atoms with E-state index in [1.54, 1.807) is 12.1 Å². The number of carbonyl (C=O) groups is 3. The first-order valence-electron chi connectivity index (χ1n) is 8.95. The lowest BCUT2D eigenvalue weighted by Crippen LogP contribution is -2.36. The van der Waals surface area contributed by atoms with Crippen molar-refractivity contribution in [3.8, 4) is 16.2 Å². The lowest BCUT2D eigenvalue weighted by atomic mass is 10.0. The smallest absolute Gasteiger partial charge is 0.221 e. The van der Waals surface area contributed by atoms with Crippen molar-refractivity contribution in [1.29, 1.82) is 0 Å². The molecule has 1 aromatic carbocycles. The summed E-state index contributed by atoms with van der Waals surface area (Å²) in [4.78, 5) is 35.6. The Bertz CT molecular complexity index is 925. The second kappa shape index (κ2) is 8.52. The average Bonchev–Trinajstić information content (AvgIpc) is 3.25. The molecule has 2 aromatic rings. The molecule has 3 rings (SSSR count). The minimum absolute atomic E-state index is 0.0370. The molecule has 148 valence electrons. The first-order chi connectivity index (χ1) is 13.3. The first kappa shape index (κ1) is 20.0. The van der Waals surface area contributed by atoms with E-state index < -0.39 is 0 Å². The first-order valence-corrected chi connectivity index (χ1v) is 9.76. The second-order valence-corrected chi connectivity index (χ2v) is 7.73. The van der Waals surface area contributed by atoms with Crippen molar-refractivity contribution in [1.82, 2.24) is 10.6 Å². The molecular formula is C20H21FN2O4S. The number of ether oxygens (including phenoxy) is 1. The van der Waals surface area contributed by atoms with Crippen LogP contribution in [0.15, 0.2) is 24.3 Å². The number of ketones is 1. The molecule has 6 nitrogen and oxygen atoms in total. The van der Waals surface area contributed by atoms with Crippen LogP contribution < -0.4 is 15.4 Å². The summed E-state index contributed by atoms with van der Waals surface area (Å²) in [6.07, 6.45) is 0.367. The molecule has 0 fully saturated rings. The standard InChI is InChI=1S/C20H21FN2O4S/c1-11(24)17-3-4-18(28-17)16-9-14(21)7-13-8-15(27-20(13)16)10-23-19(26)5-6-22-12(2)25/h3-4,7,9,15H,5-6,8,10H2,1-2H3,(H,22,25)(H,23,26).